The molecule has 0 saturated carbocycles. The van der Waals surface area contributed by atoms with Crippen LogP contribution in [-0.2, 0) is 23.3 Å². The topological polar surface area (TPSA) is 64.0 Å². The fourth-order valence-electron chi connectivity index (χ4n) is 3.12. The number of nitrogens with zero attached hydrogens (tertiary/aromatic N) is 2. The van der Waals surface area contributed by atoms with Crippen LogP contribution >= 0.6 is 11.6 Å². The first kappa shape index (κ1) is 16.8. The Morgan fingerprint density at radius 1 is 1.52 bits per heavy atom. The van der Waals surface area contributed by atoms with Crippen LogP contribution in [0.4, 0.5) is 0 Å². The van der Waals surface area contributed by atoms with Crippen molar-refractivity contribution in [1.82, 2.24) is 15.1 Å². The minimum atomic E-state index is -2.81. The van der Waals surface area contributed by atoms with Crippen molar-refractivity contribution in [2.45, 2.75) is 39.2 Å². The number of aromatic nitrogens is 2. The molecule has 1 N–H and O–H groups in total. The average molecular weight is 334 g/mol. The van der Waals surface area contributed by atoms with E-state index in [1.54, 1.807) is 0 Å². The van der Waals surface area contributed by atoms with E-state index in [9.17, 15) is 8.42 Å². The summed E-state index contributed by atoms with van der Waals surface area (Å²) in [6.45, 7) is 4.82. The van der Waals surface area contributed by atoms with Gasteiger partial charge in [-0.2, -0.15) is 5.10 Å². The van der Waals surface area contributed by atoms with Crippen LogP contribution in [0.3, 0.4) is 0 Å². The molecule has 7 heteroatoms. The molecule has 2 atom stereocenters. The minimum absolute atomic E-state index is 0.237. The monoisotopic (exact) mass is 333 g/mol. The van der Waals surface area contributed by atoms with Crippen LogP contribution in [0.2, 0.25) is 5.02 Å². The van der Waals surface area contributed by atoms with E-state index >= 15 is 0 Å². The van der Waals surface area contributed by atoms with Gasteiger partial charge in [0.25, 0.3) is 0 Å². The zero-order valence-corrected chi connectivity index (χ0v) is 14.5. The van der Waals surface area contributed by atoms with E-state index in [-0.39, 0.29) is 12.0 Å². The SMILES string of the molecule is CCNC(Cc1c(Cl)c(C)nn1C)CC1CCS(=O)(=O)C1. The summed E-state index contributed by atoms with van der Waals surface area (Å²) < 4.78 is 25.0. The molecule has 120 valence electrons. The van der Waals surface area contributed by atoms with E-state index in [0.29, 0.717) is 11.5 Å². The molecule has 0 aliphatic carbocycles. The highest BCUT2D eigenvalue weighted by Gasteiger charge is 2.30. The van der Waals surface area contributed by atoms with E-state index in [1.807, 2.05) is 18.7 Å². The summed E-state index contributed by atoms with van der Waals surface area (Å²) in [7, 11) is -0.912. The predicted molar refractivity (Wildman–Crippen MR) is 85.5 cm³/mol. The fourth-order valence-corrected chi connectivity index (χ4v) is 5.24. The molecule has 1 fully saturated rings. The molecule has 1 aliphatic heterocycles. The quantitative estimate of drug-likeness (QED) is 0.861. The van der Waals surface area contributed by atoms with Crippen molar-refractivity contribution in [3.63, 3.8) is 0 Å². The second kappa shape index (κ2) is 6.67. The molecule has 5 nitrogen and oxygen atoms in total. The second-order valence-electron chi connectivity index (χ2n) is 5.93. The minimum Gasteiger partial charge on any atom is -0.314 e. The van der Waals surface area contributed by atoms with Crippen molar-refractivity contribution in [3.8, 4) is 0 Å². The highest BCUT2D eigenvalue weighted by atomic mass is 35.5. The summed E-state index contributed by atoms with van der Waals surface area (Å²) >= 11 is 6.31. The van der Waals surface area contributed by atoms with Crippen LogP contribution in [0.5, 0.6) is 0 Å². The van der Waals surface area contributed by atoms with E-state index in [4.69, 9.17) is 11.6 Å². The lowest BCUT2D eigenvalue weighted by molar-refractivity contribution is 0.403. The Hall–Kier alpha value is -0.590. The van der Waals surface area contributed by atoms with Crippen LogP contribution in [0.15, 0.2) is 0 Å². The molecule has 1 aromatic heterocycles. The predicted octanol–water partition coefficient (Wildman–Crippen LogP) is 1.73. The Morgan fingerprint density at radius 3 is 2.71 bits per heavy atom. The lowest BCUT2D eigenvalue weighted by Crippen LogP contribution is -2.34. The summed E-state index contributed by atoms with van der Waals surface area (Å²) in [5.41, 5.74) is 1.86. The van der Waals surface area contributed by atoms with E-state index in [0.717, 1.165) is 42.2 Å². The molecule has 0 bridgehead atoms. The van der Waals surface area contributed by atoms with E-state index < -0.39 is 9.84 Å². The molecular weight excluding hydrogens is 310 g/mol. The average Bonchev–Trinajstić information content (AvgIpc) is 2.84. The van der Waals surface area contributed by atoms with Crippen LogP contribution in [-0.4, -0.2) is 42.3 Å². The van der Waals surface area contributed by atoms with Gasteiger partial charge in [0.15, 0.2) is 9.84 Å². The zero-order chi connectivity index (χ0) is 15.6. The number of sulfone groups is 1. The van der Waals surface area contributed by atoms with Gasteiger partial charge in [0.2, 0.25) is 0 Å². The lowest BCUT2D eigenvalue weighted by atomic mass is 9.96. The molecule has 0 amide bonds. The van der Waals surface area contributed by atoms with Crippen molar-refractivity contribution >= 4 is 21.4 Å². The van der Waals surface area contributed by atoms with Crippen LogP contribution in [0.25, 0.3) is 0 Å². The zero-order valence-electron chi connectivity index (χ0n) is 12.9. The molecular formula is C14H24ClN3O2S. The van der Waals surface area contributed by atoms with Gasteiger partial charge in [-0.1, -0.05) is 18.5 Å². The number of likely N-dealkylation sites (N-methyl/N-ethyl adjacent to an activating group) is 1. The summed E-state index contributed by atoms with van der Waals surface area (Å²) in [5, 5.41) is 8.52. The van der Waals surface area contributed by atoms with Gasteiger partial charge >= 0.3 is 0 Å². The summed E-state index contributed by atoms with van der Waals surface area (Å²) in [6.07, 6.45) is 2.43. The number of hydrogen-bond donors (Lipinski definition) is 1. The van der Waals surface area contributed by atoms with Gasteiger partial charge in [-0.25, -0.2) is 8.42 Å². The molecule has 2 unspecified atom stereocenters. The summed E-state index contributed by atoms with van der Waals surface area (Å²) in [6, 6.07) is 0.237. The highest BCUT2D eigenvalue weighted by molar-refractivity contribution is 7.91. The maximum atomic E-state index is 11.6. The fraction of sp³-hybridized carbons (Fsp3) is 0.786. The third-order valence-electron chi connectivity index (χ3n) is 4.14. The number of aryl methyl sites for hydroxylation is 2. The molecule has 0 radical (unpaired) electrons. The standard InChI is InChI=1S/C14H24ClN3O2S/c1-4-16-12(7-11-5-6-21(19,20)9-11)8-13-14(15)10(2)17-18(13)3/h11-12,16H,4-9H2,1-3H3. The van der Waals surface area contributed by atoms with Gasteiger partial charge in [0, 0.05) is 19.5 Å². The number of halogens is 1. The van der Waals surface area contributed by atoms with Crippen molar-refractivity contribution in [1.29, 1.82) is 0 Å². The largest absolute Gasteiger partial charge is 0.314 e. The highest BCUT2D eigenvalue weighted by Crippen LogP contribution is 2.26. The van der Waals surface area contributed by atoms with E-state index in [2.05, 4.69) is 17.3 Å². The normalized spacial score (nSPS) is 22.6. The van der Waals surface area contributed by atoms with E-state index in [1.165, 1.54) is 0 Å². The molecule has 21 heavy (non-hydrogen) atoms. The molecule has 0 spiro atoms. The Morgan fingerprint density at radius 2 is 2.24 bits per heavy atom. The van der Waals surface area contributed by atoms with Gasteiger partial charge in [-0.15, -0.1) is 0 Å². The van der Waals surface area contributed by atoms with Gasteiger partial charge in [-0.05, 0) is 32.2 Å². The Labute approximate surface area is 132 Å². The molecule has 1 saturated heterocycles. The smallest absolute Gasteiger partial charge is 0.150 e. The van der Waals surface area contributed by atoms with Gasteiger partial charge in [0.05, 0.1) is 27.9 Å². The molecule has 1 aromatic rings. The van der Waals surface area contributed by atoms with Crippen LogP contribution in [0.1, 0.15) is 31.2 Å². The van der Waals surface area contributed by atoms with Crippen molar-refractivity contribution in [2.24, 2.45) is 13.0 Å². The Bertz CT molecular complexity index is 598. The van der Waals surface area contributed by atoms with Gasteiger partial charge in [0.1, 0.15) is 0 Å². The molecule has 0 aromatic carbocycles. The third kappa shape index (κ3) is 4.20. The molecule has 1 aliphatic rings. The van der Waals surface area contributed by atoms with Crippen LogP contribution < -0.4 is 5.32 Å². The number of rotatable bonds is 6. The number of nitrogens with one attached hydrogen (secondary N) is 1. The second-order valence-corrected chi connectivity index (χ2v) is 8.54. The first-order valence-corrected chi connectivity index (χ1v) is 9.64. The lowest BCUT2D eigenvalue weighted by Gasteiger charge is -2.21. The Balaban J connectivity index is 2.05. The maximum Gasteiger partial charge on any atom is 0.150 e. The summed E-state index contributed by atoms with van der Waals surface area (Å²) in [4.78, 5) is 0. The van der Waals surface area contributed by atoms with Crippen molar-refractivity contribution in [3.05, 3.63) is 16.4 Å². The van der Waals surface area contributed by atoms with Crippen molar-refractivity contribution in [2.75, 3.05) is 18.1 Å². The number of hydrogen-bond acceptors (Lipinski definition) is 4. The van der Waals surface area contributed by atoms with Crippen molar-refractivity contribution < 1.29 is 8.42 Å². The van der Waals surface area contributed by atoms with Gasteiger partial charge < -0.3 is 5.32 Å². The van der Waals surface area contributed by atoms with Crippen LogP contribution in [0, 0.1) is 12.8 Å². The third-order valence-corrected chi connectivity index (χ3v) is 6.47. The molecule has 2 heterocycles. The molecule has 2 rings (SSSR count). The van der Waals surface area contributed by atoms with Gasteiger partial charge in [-0.3, -0.25) is 4.68 Å². The Kier molecular flexibility index (Phi) is 5.33. The maximum absolute atomic E-state index is 11.6. The first-order valence-electron chi connectivity index (χ1n) is 7.44. The first-order chi connectivity index (χ1) is 9.82. The summed E-state index contributed by atoms with van der Waals surface area (Å²) in [5.74, 6) is 0.918.